The van der Waals surface area contributed by atoms with E-state index in [-0.39, 0.29) is 22.8 Å². The third-order valence-electron chi connectivity index (χ3n) is 7.96. The molecule has 3 heterocycles. The molecule has 2 aliphatic rings. The number of nitrogens with zero attached hydrogens (tertiary/aromatic N) is 5. The van der Waals surface area contributed by atoms with E-state index in [0.717, 1.165) is 11.3 Å². The van der Waals surface area contributed by atoms with E-state index in [1.165, 1.54) is 28.5 Å². The van der Waals surface area contributed by atoms with Crippen LogP contribution in [0.2, 0.25) is 0 Å². The number of benzene rings is 2. The Balaban J connectivity index is 1.41. The first kappa shape index (κ1) is 31.1. The Morgan fingerprint density at radius 3 is 2.32 bits per heavy atom. The van der Waals surface area contributed by atoms with Gasteiger partial charge in [0.25, 0.3) is 11.5 Å². The van der Waals surface area contributed by atoms with Gasteiger partial charge in [0.2, 0.25) is 0 Å². The summed E-state index contributed by atoms with van der Waals surface area (Å²) in [5.74, 6) is 1.37. The minimum atomic E-state index is -0.388. The topological polar surface area (TPSA) is 91.0 Å². The van der Waals surface area contributed by atoms with Crippen LogP contribution >= 0.6 is 24.0 Å². The molecule has 5 rings (SSSR count). The summed E-state index contributed by atoms with van der Waals surface area (Å²) in [5, 5.41) is 9.83. The molecule has 0 bridgehead atoms. The minimum Gasteiger partial charge on any atom is -0.493 e. The van der Waals surface area contributed by atoms with Crippen molar-refractivity contribution >= 4 is 51.8 Å². The fraction of sp³-hybridized carbons (Fsp3) is 0.312. The Hall–Kier alpha value is -4.34. The molecule has 0 radical (unpaired) electrons. The number of thioether (sulfide) groups is 1. The van der Waals surface area contributed by atoms with Crippen LogP contribution in [0, 0.1) is 24.1 Å². The van der Waals surface area contributed by atoms with E-state index in [0.29, 0.717) is 76.8 Å². The number of piperazine rings is 1. The molecule has 2 aromatic carbocycles. The smallest absolute Gasteiger partial charge is 0.270 e. The van der Waals surface area contributed by atoms with Crippen LogP contribution in [0.5, 0.6) is 11.5 Å². The molecule has 0 unspecified atom stereocenters. The number of ether oxygens (including phenoxy) is 2. The Bertz CT molecular complexity index is 1740. The van der Waals surface area contributed by atoms with Crippen molar-refractivity contribution in [3.05, 3.63) is 85.8 Å². The second-order valence-corrected chi connectivity index (χ2v) is 12.1. The molecule has 9 nitrogen and oxygen atoms in total. The summed E-state index contributed by atoms with van der Waals surface area (Å²) in [6.45, 7) is 4.59. The van der Waals surface area contributed by atoms with Crippen molar-refractivity contribution in [2.45, 2.75) is 13.3 Å². The van der Waals surface area contributed by atoms with Crippen LogP contribution in [-0.2, 0) is 18.3 Å². The summed E-state index contributed by atoms with van der Waals surface area (Å²) in [5.41, 5.74) is 2.70. The largest absolute Gasteiger partial charge is 0.493 e. The van der Waals surface area contributed by atoms with Gasteiger partial charge in [-0.2, -0.15) is 5.26 Å². The molecule has 228 valence electrons. The molecule has 2 aliphatic heterocycles. The third kappa shape index (κ3) is 6.02. The van der Waals surface area contributed by atoms with E-state index in [2.05, 4.69) is 15.9 Å². The lowest BCUT2D eigenvalue weighted by Crippen LogP contribution is -2.48. The molecule has 2 saturated heterocycles. The predicted octanol–water partition coefficient (Wildman–Crippen LogP) is 4.49. The SMILES string of the molecule is COc1ccc(CCN2C(=O)C(=Cc3c(C)c(C#N)c(=O)n(C)c3N3CCN(c4ccc(F)cc4)CC3)SC2=S)cc1OC. The fourth-order valence-electron chi connectivity index (χ4n) is 5.52. The number of amides is 1. The van der Waals surface area contributed by atoms with E-state index >= 15 is 0 Å². The van der Waals surface area contributed by atoms with Gasteiger partial charge in [-0.05, 0) is 66.9 Å². The van der Waals surface area contributed by atoms with Crippen LogP contribution < -0.4 is 24.8 Å². The van der Waals surface area contributed by atoms with Gasteiger partial charge in [0.15, 0.2) is 11.5 Å². The first-order chi connectivity index (χ1) is 21.2. The van der Waals surface area contributed by atoms with Crippen molar-refractivity contribution in [2.75, 3.05) is 56.7 Å². The van der Waals surface area contributed by atoms with Crippen molar-refractivity contribution in [1.82, 2.24) is 9.47 Å². The number of thiocarbonyl (C=S) groups is 1. The highest BCUT2D eigenvalue weighted by Gasteiger charge is 2.33. The number of rotatable bonds is 8. The molecule has 0 N–H and O–H groups in total. The van der Waals surface area contributed by atoms with E-state index < -0.39 is 0 Å². The Morgan fingerprint density at radius 1 is 1.02 bits per heavy atom. The van der Waals surface area contributed by atoms with E-state index in [9.17, 15) is 19.2 Å². The van der Waals surface area contributed by atoms with Crippen LogP contribution in [0.3, 0.4) is 0 Å². The lowest BCUT2D eigenvalue weighted by molar-refractivity contribution is -0.122. The van der Waals surface area contributed by atoms with Crippen LogP contribution in [0.1, 0.15) is 22.3 Å². The molecule has 3 aromatic rings. The third-order valence-corrected chi connectivity index (χ3v) is 9.34. The van der Waals surface area contributed by atoms with Crippen LogP contribution in [-0.4, -0.2) is 66.6 Å². The van der Waals surface area contributed by atoms with Crippen molar-refractivity contribution in [3.8, 4) is 17.6 Å². The van der Waals surface area contributed by atoms with Crippen LogP contribution in [0.25, 0.3) is 6.08 Å². The molecule has 0 spiro atoms. The summed E-state index contributed by atoms with van der Waals surface area (Å²) in [6, 6.07) is 14.1. The number of halogens is 1. The van der Waals surface area contributed by atoms with Gasteiger partial charge in [0.1, 0.15) is 27.6 Å². The molecular formula is C32H32FN5O4S2. The van der Waals surface area contributed by atoms with Gasteiger partial charge < -0.3 is 19.3 Å². The zero-order valence-corrected chi connectivity index (χ0v) is 26.6. The highest BCUT2D eigenvalue weighted by Crippen LogP contribution is 2.36. The summed E-state index contributed by atoms with van der Waals surface area (Å²) in [6.07, 6.45) is 2.31. The maximum absolute atomic E-state index is 13.6. The number of hydrogen-bond donors (Lipinski definition) is 0. The van der Waals surface area contributed by atoms with Crippen molar-refractivity contribution < 1.29 is 18.7 Å². The summed E-state index contributed by atoms with van der Waals surface area (Å²) >= 11 is 6.81. The highest BCUT2D eigenvalue weighted by molar-refractivity contribution is 8.26. The molecule has 0 aliphatic carbocycles. The Labute approximate surface area is 265 Å². The molecule has 0 saturated carbocycles. The summed E-state index contributed by atoms with van der Waals surface area (Å²) in [4.78, 5) is 33.1. The number of nitriles is 1. The Morgan fingerprint density at radius 2 is 1.68 bits per heavy atom. The molecule has 1 amide bonds. The summed E-state index contributed by atoms with van der Waals surface area (Å²) in [7, 11) is 4.80. The maximum atomic E-state index is 13.6. The number of aromatic nitrogens is 1. The van der Waals surface area contributed by atoms with E-state index in [4.69, 9.17) is 21.7 Å². The van der Waals surface area contributed by atoms with Crippen molar-refractivity contribution in [3.63, 3.8) is 0 Å². The van der Waals surface area contributed by atoms with Gasteiger partial charge in [0, 0.05) is 51.0 Å². The van der Waals surface area contributed by atoms with Gasteiger partial charge in [-0.25, -0.2) is 4.39 Å². The standard InChI is InChI=1S/C32H32FN5O4S2/c1-20-24(18-28-31(40)38(32(43)44-28)12-11-21-5-10-26(41-3)27(17-21)42-4)29(35(2)30(39)25(20)19-34)37-15-13-36(14-16-37)23-8-6-22(33)7-9-23/h5-10,17-18H,11-16H2,1-4H3. The van der Waals surface area contributed by atoms with Crippen LogP contribution in [0.4, 0.5) is 15.9 Å². The lowest BCUT2D eigenvalue weighted by Gasteiger charge is -2.38. The fourth-order valence-corrected chi connectivity index (χ4v) is 6.81. The average molecular weight is 634 g/mol. The van der Waals surface area contributed by atoms with E-state index in [1.54, 1.807) is 51.3 Å². The molecule has 1 aromatic heterocycles. The number of pyridine rings is 1. The molecule has 12 heteroatoms. The van der Waals surface area contributed by atoms with Gasteiger partial charge in [-0.15, -0.1) is 0 Å². The second-order valence-electron chi connectivity index (χ2n) is 10.4. The first-order valence-electron chi connectivity index (χ1n) is 14.0. The van der Waals surface area contributed by atoms with Gasteiger partial charge in [0.05, 0.1) is 19.1 Å². The van der Waals surface area contributed by atoms with Gasteiger partial charge >= 0.3 is 0 Å². The lowest BCUT2D eigenvalue weighted by atomic mass is 10.0. The Kier molecular flexibility index (Phi) is 9.27. The van der Waals surface area contributed by atoms with Crippen molar-refractivity contribution in [1.29, 1.82) is 5.26 Å². The zero-order valence-electron chi connectivity index (χ0n) is 24.9. The number of carbonyl (C=O) groups excluding carboxylic acids is 1. The van der Waals surface area contributed by atoms with E-state index in [1.807, 2.05) is 18.2 Å². The average Bonchev–Trinajstić information content (AvgIpc) is 3.30. The van der Waals surface area contributed by atoms with Crippen LogP contribution in [0.15, 0.2) is 52.2 Å². The molecular weight excluding hydrogens is 602 g/mol. The minimum absolute atomic E-state index is 0.0383. The molecule has 2 fully saturated rings. The van der Waals surface area contributed by atoms with Gasteiger partial charge in [-0.3, -0.25) is 19.1 Å². The molecule has 44 heavy (non-hydrogen) atoms. The first-order valence-corrected chi connectivity index (χ1v) is 15.2. The zero-order chi connectivity index (χ0) is 31.5. The second kappa shape index (κ2) is 13.1. The normalized spacial score (nSPS) is 16.1. The molecule has 0 atom stereocenters. The highest BCUT2D eigenvalue weighted by atomic mass is 32.2. The number of methoxy groups -OCH3 is 2. The quantitative estimate of drug-likeness (QED) is 0.263. The summed E-state index contributed by atoms with van der Waals surface area (Å²) < 4.78 is 26.1. The number of anilines is 2. The van der Waals surface area contributed by atoms with Gasteiger partial charge in [-0.1, -0.05) is 30.0 Å². The monoisotopic (exact) mass is 633 g/mol. The number of hydrogen-bond acceptors (Lipinski definition) is 9. The maximum Gasteiger partial charge on any atom is 0.270 e. The predicted molar refractivity (Wildman–Crippen MR) is 175 cm³/mol. The number of carbonyl (C=O) groups is 1. The van der Waals surface area contributed by atoms with Crippen molar-refractivity contribution in [2.24, 2.45) is 7.05 Å².